The van der Waals surface area contributed by atoms with Crippen LogP contribution in [0.2, 0.25) is 0 Å². The van der Waals surface area contributed by atoms with Crippen LogP contribution in [0, 0.1) is 0 Å². The van der Waals surface area contributed by atoms with Crippen LogP contribution in [-0.4, -0.2) is 49.6 Å². The number of hydrogen-bond acceptors (Lipinski definition) is 7. The fourth-order valence-electron chi connectivity index (χ4n) is 3.10. The highest BCUT2D eigenvalue weighted by Gasteiger charge is 2.16. The van der Waals surface area contributed by atoms with Gasteiger partial charge in [-0.2, -0.15) is 0 Å². The third-order valence-electron chi connectivity index (χ3n) is 4.76. The van der Waals surface area contributed by atoms with Crippen molar-refractivity contribution < 1.29 is 22.6 Å². The maximum absolute atomic E-state index is 12.4. The molecule has 0 radical (unpaired) electrons. The largest absolute Gasteiger partial charge is 0.490 e. The first-order valence-electron chi connectivity index (χ1n) is 10.2. The Morgan fingerprint density at radius 3 is 2.78 bits per heavy atom. The van der Waals surface area contributed by atoms with Gasteiger partial charge >= 0.3 is 5.69 Å². The van der Waals surface area contributed by atoms with Gasteiger partial charge in [0.25, 0.3) is 5.56 Å². The maximum Gasteiger partial charge on any atom is 0.330 e. The summed E-state index contributed by atoms with van der Waals surface area (Å²) in [5, 5.41) is 0. The molecule has 10 nitrogen and oxygen atoms in total. The molecule has 0 bridgehead atoms. The molecule has 1 aliphatic rings. The monoisotopic (exact) mass is 465 g/mol. The van der Waals surface area contributed by atoms with Crippen LogP contribution in [0.4, 0.5) is 0 Å². The van der Waals surface area contributed by atoms with Gasteiger partial charge in [0, 0.05) is 43.0 Å². The van der Waals surface area contributed by atoms with E-state index in [1.54, 1.807) is 18.2 Å². The lowest BCUT2D eigenvalue weighted by atomic mass is 10.1. The second kappa shape index (κ2) is 11.1. The molecule has 32 heavy (non-hydrogen) atoms. The summed E-state index contributed by atoms with van der Waals surface area (Å²) in [7, 11) is -3.63. The van der Waals surface area contributed by atoms with Crippen LogP contribution in [0.15, 0.2) is 52.7 Å². The third kappa shape index (κ3) is 7.36. The molecule has 0 spiro atoms. The minimum atomic E-state index is -3.63. The van der Waals surface area contributed by atoms with Crippen molar-refractivity contribution in [1.82, 2.24) is 14.3 Å². The number of benzene rings is 1. The van der Waals surface area contributed by atoms with Gasteiger partial charge in [0.1, 0.15) is 18.6 Å². The predicted molar refractivity (Wildman–Crippen MR) is 119 cm³/mol. The van der Waals surface area contributed by atoms with E-state index >= 15 is 0 Å². The Bertz CT molecular complexity index is 1130. The fraction of sp³-hybridized carbons (Fsp3) is 0.429. The van der Waals surface area contributed by atoms with Gasteiger partial charge in [0.05, 0.1) is 19.0 Å². The minimum Gasteiger partial charge on any atom is -0.490 e. The first-order valence-corrected chi connectivity index (χ1v) is 11.9. The summed E-state index contributed by atoms with van der Waals surface area (Å²) in [5.41, 5.74) is -0.217. The highest BCUT2D eigenvalue weighted by Crippen LogP contribution is 2.22. The second-order valence-electron chi connectivity index (χ2n) is 7.33. The molecule has 0 saturated carbocycles. The molecule has 2 heterocycles. The van der Waals surface area contributed by atoms with Gasteiger partial charge in [-0.05, 0) is 18.6 Å². The number of H-pyrrole nitrogens is 1. The van der Waals surface area contributed by atoms with Gasteiger partial charge in [-0.1, -0.05) is 18.7 Å². The Balaban J connectivity index is 1.45. The SMILES string of the molecule is C=C(NS(=O)(=O)CCCOCn1ccc(=O)[nH]c1=O)c1cccc(OC2CCOCC2)c1. The number of aromatic amines is 1. The molecule has 0 amide bonds. The van der Waals surface area contributed by atoms with E-state index in [1.807, 2.05) is 6.07 Å². The second-order valence-corrected chi connectivity index (χ2v) is 9.17. The van der Waals surface area contributed by atoms with Crippen LogP contribution in [0.1, 0.15) is 24.8 Å². The highest BCUT2D eigenvalue weighted by atomic mass is 32.2. The van der Waals surface area contributed by atoms with Crippen molar-refractivity contribution in [2.45, 2.75) is 32.1 Å². The van der Waals surface area contributed by atoms with Crippen LogP contribution in [0.5, 0.6) is 5.75 Å². The molecule has 2 N–H and O–H groups in total. The zero-order valence-electron chi connectivity index (χ0n) is 17.6. The van der Waals surface area contributed by atoms with E-state index in [1.165, 1.54) is 16.8 Å². The number of nitrogens with one attached hydrogen (secondary N) is 2. The zero-order valence-corrected chi connectivity index (χ0v) is 18.4. The summed E-state index contributed by atoms with van der Waals surface area (Å²) in [4.78, 5) is 24.7. The van der Waals surface area contributed by atoms with Gasteiger partial charge in [-0.3, -0.25) is 19.1 Å². The van der Waals surface area contributed by atoms with Gasteiger partial charge in [0.15, 0.2) is 0 Å². The molecule has 2 aromatic rings. The van der Waals surface area contributed by atoms with E-state index in [4.69, 9.17) is 14.2 Å². The fourth-order valence-corrected chi connectivity index (χ4v) is 4.19. The molecule has 1 saturated heterocycles. The molecule has 0 aliphatic carbocycles. The molecule has 11 heteroatoms. The molecule has 0 atom stereocenters. The van der Waals surface area contributed by atoms with Crippen molar-refractivity contribution in [2.75, 3.05) is 25.6 Å². The molecular formula is C21H27N3O7S. The number of aromatic nitrogens is 2. The Hall–Kier alpha value is -2.89. The summed E-state index contributed by atoms with van der Waals surface area (Å²) in [6, 6.07) is 8.33. The van der Waals surface area contributed by atoms with Gasteiger partial charge in [-0.15, -0.1) is 0 Å². The van der Waals surface area contributed by atoms with Gasteiger partial charge in [-0.25, -0.2) is 13.2 Å². The summed E-state index contributed by atoms with van der Waals surface area (Å²) >= 11 is 0. The Morgan fingerprint density at radius 1 is 1.25 bits per heavy atom. The summed E-state index contributed by atoms with van der Waals surface area (Å²) in [6.07, 6.45) is 3.24. The highest BCUT2D eigenvalue weighted by molar-refractivity contribution is 7.89. The van der Waals surface area contributed by atoms with Crippen molar-refractivity contribution in [3.8, 4) is 5.75 Å². The van der Waals surface area contributed by atoms with Crippen LogP contribution < -0.4 is 20.7 Å². The quantitative estimate of drug-likeness (QED) is 0.475. The zero-order chi connectivity index (χ0) is 23.0. The lowest BCUT2D eigenvalue weighted by Gasteiger charge is -2.23. The first-order chi connectivity index (χ1) is 15.3. The summed E-state index contributed by atoms with van der Waals surface area (Å²) < 4.78 is 45.0. The van der Waals surface area contributed by atoms with Crippen LogP contribution in [-0.2, 0) is 26.2 Å². The van der Waals surface area contributed by atoms with E-state index in [0.717, 1.165) is 12.8 Å². The van der Waals surface area contributed by atoms with Crippen LogP contribution >= 0.6 is 0 Å². The number of hydrogen-bond donors (Lipinski definition) is 2. The minimum absolute atomic E-state index is 0.0796. The number of ether oxygens (including phenoxy) is 3. The summed E-state index contributed by atoms with van der Waals surface area (Å²) in [6.45, 7) is 5.20. The van der Waals surface area contributed by atoms with Crippen LogP contribution in [0.3, 0.4) is 0 Å². The Morgan fingerprint density at radius 2 is 2.03 bits per heavy atom. The molecule has 1 aliphatic heterocycles. The molecule has 1 fully saturated rings. The van der Waals surface area contributed by atoms with E-state index in [9.17, 15) is 18.0 Å². The lowest BCUT2D eigenvalue weighted by molar-refractivity contribution is 0.0255. The number of rotatable bonds is 11. The van der Waals surface area contributed by atoms with Gasteiger partial charge < -0.3 is 14.2 Å². The van der Waals surface area contributed by atoms with Crippen molar-refractivity contribution in [3.05, 3.63) is 69.5 Å². The smallest absolute Gasteiger partial charge is 0.330 e. The number of sulfonamides is 1. The average Bonchev–Trinajstić information content (AvgIpc) is 2.75. The Kier molecular flexibility index (Phi) is 8.26. The van der Waals surface area contributed by atoms with Crippen molar-refractivity contribution in [2.24, 2.45) is 0 Å². The van der Waals surface area contributed by atoms with Gasteiger partial charge in [0.2, 0.25) is 10.0 Å². The van der Waals surface area contributed by atoms with Crippen LogP contribution in [0.25, 0.3) is 5.70 Å². The number of nitrogens with zero attached hydrogens (tertiary/aromatic N) is 1. The molecule has 1 aromatic carbocycles. The maximum atomic E-state index is 12.4. The van der Waals surface area contributed by atoms with E-state index in [2.05, 4.69) is 16.3 Å². The normalized spacial score (nSPS) is 14.8. The third-order valence-corrected chi connectivity index (χ3v) is 6.14. The predicted octanol–water partition coefficient (Wildman–Crippen LogP) is 1.05. The molecule has 1 aromatic heterocycles. The van der Waals surface area contributed by atoms with Crippen molar-refractivity contribution >= 4 is 15.7 Å². The average molecular weight is 466 g/mol. The lowest BCUT2D eigenvalue weighted by Crippen LogP contribution is -2.29. The van der Waals surface area contributed by atoms with E-state index in [-0.39, 0.29) is 37.3 Å². The van der Waals surface area contributed by atoms with Crippen molar-refractivity contribution in [3.63, 3.8) is 0 Å². The van der Waals surface area contributed by atoms with E-state index in [0.29, 0.717) is 24.5 Å². The molecule has 3 rings (SSSR count). The Labute approximate surface area is 185 Å². The molecule has 0 unspecified atom stereocenters. The van der Waals surface area contributed by atoms with Crippen molar-refractivity contribution in [1.29, 1.82) is 0 Å². The van der Waals surface area contributed by atoms with E-state index < -0.39 is 21.3 Å². The topological polar surface area (TPSA) is 129 Å². The summed E-state index contributed by atoms with van der Waals surface area (Å²) in [5.74, 6) is 0.478. The molecule has 174 valence electrons. The standard InChI is InChI=1S/C21H27N3O7S/c1-16(17-4-2-5-19(14-17)31-18-7-11-29-12-8-18)23-32(27,28)13-3-10-30-15-24-9-6-20(25)22-21(24)26/h2,4-6,9,14,18,23H,1,3,7-8,10-13,15H2,(H,22,25,26). The molecular weight excluding hydrogens is 438 g/mol. The first kappa shape index (κ1) is 23.8.